The van der Waals surface area contributed by atoms with E-state index in [1.165, 1.54) is 14.2 Å². The highest BCUT2D eigenvalue weighted by atomic mass is 16.5. The summed E-state index contributed by atoms with van der Waals surface area (Å²) in [5.41, 5.74) is 6.58. The number of hydrogen-bond acceptors (Lipinski definition) is 11. The quantitative estimate of drug-likeness (QED) is 0.111. The molecule has 5 aliphatic rings. The van der Waals surface area contributed by atoms with E-state index in [2.05, 4.69) is 63.9 Å². The lowest BCUT2D eigenvalue weighted by atomic mass is 9.85. The number of ether oxygens (including phenoxy) is 5. The number of fused-ring (bicyclic) bond motifs is 6. The summed E-state index contributed by atoms with van der Waals surface area (Å²) >= 11 is 0. The molecule has 5 aliphatic heterocycles. The third-order valence-electron chi connectivity index (χ3n) is 15.2. The number of likely N-dealkylation sites (tertiary alicyclic amines) is 2. The number of aromatic nitrogens is 4. The van der Waals surface area contributed by atoms with E-state index < -0.39 is 24.3 Å². The van der Waals surface area contributed by atoms with Gasteiger partial charge >= 0.3 is 12.2 Å². The molecule has 3 aromatic carbocycles. The predicted octanol–water partition coefficient (Wildman–Crippen LogP) is 8.24. The Bertz CT molecular complexity index is 2750. The van der Waals surface area contributed by atoms with Crippen LogP contribution >= 0.6 is 0 Å². The maximum absolute atomic E-state index is 14.5. The van der Waals surface area contributed by atoms with Gasteiger partial charge in [-0.3, -0.25) is 9.59 Å². The third kappa shape index (κ3) is 8.99. The molecule has 10 rings (SSSR count). The van der Waals surface area contributed by atoms with E-state index in [0.29, 0.717) is 50.5 Å². The van der Waals surface area contributed by atoms with Gasteiger partial charge in [-0.1, -0.05) is 18.2 Å². The minimum absolute atomic E-state index is 0.0302. The zero-order valence-electron chi connectivity index (χ0n) is 40.5. The average molecular weight is 945 g/mol. The number of nitrogens with one attached hydrogen (secondary N) is 4. The van der Waals surface area contributed by atoms with Crippen molar-refractivity contribution >= 4 is 45.8 Å². The summed E-state index contributed by atoms with van der Waals surface area (Å²) in [6, 6.07) is 12.6. The summed E-state index contributed by atoms with van der Waals surface area (Å²) in [6.07, 6.45) is 6.19. The molecule has 4 amide bonds. The number of amides is 4. The molecular formula is C52H64N8O9. The molecular weight excluding hydrogens is 881 g/mol. The van der Waals surface area contributed by atoms with Gasteiger partial charge in [-0.15, -0.1) is 0 Å². The number of H-pyrrole nitrogens is 2. The fourth-order valence-electron chi connectivity index (χ4n) is 12.2. The first-order valence-electron chi connectivity index (χ1n) is 24.7. The maximum Gasteiger partial charge on any atom is 0.407 e. The van der Waals surface area contributed by atoms with Crippen LogP contribution in [0.4, 0.5) is 9.59 Å². The zero-order chi connectivity index (χ0) is 48.2. The fraction of sp³-hybridized carbons (Fsp3) is 0.538. The summed E-state index contributed by atoms with van der Waals surface area (Å²) in [5, 5.41) is 7.76. The van der Waals surface area contributed by atoms with Crippen LogP contribution in [0.1, 0.15) is 115 Å². The van der Waals surface area contributed by atoms with Gasteiger partial charge in [0.25, 0.3) is 0 Å². The molecule has 7 heterocycles. The molecule has 0 aliphatic carbocycles. The summed E-state index contributed by atoms with van der Waals surface area (Å²) in [5.74, 6) is 1.74. The van der Waals surface area contributed by atoms with E-state index in [9.17, 15) is 19.2 Å². The lowest BCUT2D eigenvalue weighted by molar-refractivity contribution is -0.140. The Morgan fingerprint density at radius 2 is 1.41 bits per heavy atom. The van der Waals surface area contributed by atoms with E-state index >= 15 is 0 Å². The second-order valence-corrected chi connectivity index (χ2v) is 20.1. The third-order valence-corrected chi connectivity index (χ3v) is 15.2. The van der Waals surface area contributed by atoms with Crippen molar-refractivity contribution in [3.63, 3.8) is 0 Å². The number of benzene rings is 3. The van der Waals surface area contributed by atoms with Crippen molar-refractivity contribution in [2.24, 2.45) is 11.8 Å². The number of carbonyl (C=O) groups is 4. The predicted molar refractivity (Wildman–Crippen MR) is 257 cm³/mol. The maximum atomic E-state index is 14.5. The van der Waals surface area contributed by atoms with Gasteiger partial charge in [-0.25, -0.2) is 19.6 Å². The van der Waals surface area contributed by atoms with Crippen molar-refractivity contribution in [3.8, 4) is 28.1 Å². The topological polar surface area (TPSA) is 202 Å². The number of rotatable bonds is 9. The summed E-state index contributed by atoms with van der Waals surface area (Å²) in [6.45, 7) is 11.0. The van der Waals surface area contributed by atoms with Gasteiger partial charge in [0, 0.05) is 23.5 Å². The summed E-state index contributed by atoms with van der Waals surface area (Å²) in [4.78, 5) is 74.9. The standard InChI is InChI=1S/C52H64N8O9/c1-26-10-15-42(60(26)50(62)45(58-52(64)66-7)34-19-29(4)69-30(5)20-34)47-53-24-40(55-47)32-11-13-36-35(21-32)25-67-43-23-37-31(22-38(36)43)12-14-39-46(37)56-48(54-39)41-9-8-16-59(41)49(61)44(57-51(63)65-6)33-17-27(2)68-28(3)18-33/h11-14,21-24,26-30,33-34,41-42,44-45H,8-10,15-20,25H2,1-7H3,(H,53,55)(H,54,56)(H,57,63)(H,58,64)/t26-,27+,28+,29+,30+,41-,42-,44-,45-/m0/s1. The van der Waals surface area contributed by atoms with Gasteiger partial charge < -0.3 is 54.1 Å². The largest absolute Gasteiger partial charge is 0.488 e. The summed E-state index contributed by atoms with van der Waals surface area (Å²) < 4.78 is 28.4. The van der Waals surface area contributed by atoms with Crippen LogP contribution < -0.4 is 15.4 Å². The Morgan fingerprint density at radius 1 is 0.739 bits per heavy atom. The molecule has 366 valence electrons. The monoisotopic (exact) mass is 944 g/mol. The first kappa shape index (κ1) is 46.5. The number of alkyl carbamates (subject to hydrolysis) is 2. The van der Waals surface area contributed by atoms with E-state index in [1.54, 1.807) is 0 Å². The van der Waals surface area contributed by atoms with Crippen LogP contribution in [0.25, 0.3) is 44.2 Å². The molecule has 0 spiro atoms. The number of hydrogen-bond donors (Lipinski definition) is 4. The molecule has 0 saturated carbocycles. The van der Waals surface area contributed by atoms with Crippen LogP contribution in [-0.2, 0) is 35.1 Å². The van der Waals surface area contributed by atoms with Gasteiger partial charge in [-0.05, 0) is 144 Å². The Kier molecular flexibility index (Phi) is 12.8. The molecule has 4 fully saturated rings. The summed E-state index contributed by atoms with van der Waals surface area (Å²) in [7, 11) is 2.63. The van der Waals surface area contributed by atoms with Crippen LogP contribution in [-0.4, -0.2) is 117 Å². The molecule has 0 unspecified atom stereocenters. The Balaban J connectivity index is 0.883. The van der Waals surface area contributed by atoms with Crippen molar-refractivity contribution in [2.75, 3.05) is 20.8 Å². The van der Waals surface area contributed by atoms with Crippen molar-refractivity contribution in [2.45, 2.75) is 147 Å². The number of aromatic amines is 2. The molecule has 0 radical (unpaired) electrons. The average Bonchev–Trinajstić information content (AvgIpc) is 4.17. The molecule has 4 saturated heterocycles. The fourth-order valence-corrected chi connectivity index (χ4v) is 12.2. The molecule has 17 heteroatoms. The molecule has 0 bridgehead atoms. The normalized spacial score (nSPS) is 27.6. The Labute approximate surface area is 401 Å². The van der Waals surface area contributed by atoms with Crippen LogP contribution in [0.15, 0.2) is 48.7 Å². The lowest BCUT2D eigenvalue weighted by Gasteiger charge is -2.39. The van der Waals surface area contributed by atoms with Crippen LogP contribution in [0, 0.1) is 11.8 Å². The van der Waals surface area contributed by atoms with E-state index in [-0.39, 0.29) is 66.2 Å². The van der Waals surface area contributed by atoms with Gasteiger partial charge in [0.2, 0.25) is 11.8 Å². The highest BCUT2D eigenvalue weighted by Crippen LogP contribution is 2.44. The van der Waals surface area contributed by atoms with Crippen LogP contribution in [0.5, 0.6) is 5.75 Å². The second kappa shape index (κ2) is 18.9. The van der Waals surface area contributed by atoms with Crippen molar-refractivity contribution in [1.82, 2.24) is 40.4 Å². The Morgan fingerprint density at radius 3 is 2.07 bits per heavy atom. The van der Waals surface area contributed by atoms with Crippen LogP contribution in [0.2, 0.25) is 0 Å². The smallest absolute Gasteiger partial charge is 0.407 e. The first-order valence-corrected chi connectivity index (χ1v) is 24.7. The van der Waals surface area contributed by atoms with Crippen molar-refractivity contribution < 1.29 is 42.9 Å². The minimum Gasteiger partial charge on any atom is -0.488 e. The first-order chi connectivity index (χ1) is 33.3. The van der Waals surface area contributed by atoms with Crippen LogP contribution in [0.3, 0.4) is 0 Å². The molecule has 4 N–H and O–H groups in total. The van der Waals surface area contributed by atoms with Gasteiger partial charge in [0.1, 0.15) is 36.1 Å². The Hall–Kier alpha value is -6.20. The number of nitrogens with zero attached hydrogens (tertiary/aromatic N) is 4. The zero-order valence-corrected chi connectivity index (χ0v) is 40.5. The lowest BCUT2D eigenvalue weighted by Crippen LogP contribution is -2.55. The van der Waals surface area contributed by atoms with E-state index in [4.69, 9.17) is 33.7 Å². The van der Waals surface area contributed by atoms with Gasteiger partial charge in [0.05, 0.1) is 73.6 Å². The van der Waals surface area contributed by atoms with Gasteiger partial charge in [0.15, 0.2) is 0 Å². The number of carbonyl (C=O) groups excluding carboxylic acids is 4. The molecule has 69 heavy (non-hydrogen) atoms. The van der Waals surface area contributed by atoms with Crippen molar-refractivity contribution in [1.29, 1.82) is 0 Å². The number of methoxy groups -OCH3 is 2. The van der Waals surface area contributed by atoms with E-state index in [1.807, 2.05) is 49.8 Å². The molecule has 5 aromatic rings. The highest BCUT2D eigenvalue weighted by Gasteiger charge is 2.45. The van der Waals surface area contributed by atoms with Gasteiger partial charge in [-0.2, -0.15) is 0 Å². The second-order valence-electron chi connectivity index (χ2n) is 20.1. The molecule has 9 atom stereocenters. The van der Waals surface area contributed by atoms with E-state index in [0.717, 1.165) is 81.2 Å². The molecule has 17 nitrogen and oxygen atoms in total. The minimum atomic E-state index is -0.749. The molecule has 2 aromatic heterocycles. The van der Waals surface area contributed by atoms with Crippen molar-refractivity contribution in [3.05, 3.63) is 65.9 Å². The SMILES string of the molecule is COC(=O)N[C@H](C(=O)N1CCC[C@H]1c1nc2ccc3cc4c(cc3c2[nH]1)OCc1cc(-c2cnc([C@@H]3CC[C@H](C)N3C(=O)[C@@H](NC(=O)OC)C3C[C@@H](C)O[C@H](C)C3)[nH]2)ccc1-4)C1C[C@@H](C)O[C@H](C)C1. The number of imidazole rings is 2. The highest BCUT2D eigenvalue weighted by molar-refractivity contribution is 6.07.